The monoisotopic (exact) mass is 282 g/mol. The molecule has 2 fully saturated rings. The molecule has 2 heteroatoms. The Morgan fingerprint density at radius 1 is 0.850 bits per heavy atom. The summed E-state index contributed by atoms with van der Waals surface area (Å²) in [6.07, 6.45) is 8.32. The normalized spacial score (nSPS) is 50.1. The molecule has 0 aromatic rings. The minimum atomic E-state index is -0.348. The highest BCUT2D eigenvalue weighted by Gasteiger charge is 2.50. The predicted octanol–water partition coefficient (Wildman–Crippen LogP) is 4.14. The largest absolute Gasteiger partial charge is 0.392 e. The van der Waals surface area contributed by atoms with E-state index in [1.807, 2.05) is 0 Å². The van der Waals surface area contributed by atoms with E-state index in [4.69, 9.17) is 0 Å². The van der Waals surface area contributed by atoms with E-state index in [0.717, 1.165) is 25.7 Å². The zero-order chi connectivity index (χ0) is 15.0. The molecular formula is C18H34O2. The van der Waals surface area contributed by atoms with E-state index >= 15 is 0 Å². The van der Waals surface area contributed by atoms with Gasteiger partial charge in [0.2, 0.25) is 0 Å². The van der Waals surface area contributed by atoms with Gasteiger partial charge in [0.1, 0.15) is 0 Å². The Balaban J connectivity index is 2.35. The average molecular weight is 282 g/mol. The van der Waals surface area contributed by atoms with Gasteiger partial charge in [-0.25, -0.2) is 0 Å². The summed E-state index contributed by atoms with van der Waals surface area (Å²) in [5.74, 6) is 0.594. The third-order valence-electron chi connectivity index (χ3n) is 6.96. The summed E-state index contributed by atoms with van der Waals surface area (Å²) in [7, 11) is 0. The molecule has 2 N–H and O–H groups in total. The Labute approximate surface area is 125 Å². The molecule has 20 heavy (non-hydrogen) atoms. The Kier molecular flexibility index (Phi) is 4.86. The first kappa shape index (κ1) is 16.3. The molecule has 2 unspecified atom stereocenters. The zero-order valence-corrected chi connectivity index (χ0v) is 13.9. The van der Waals surface area contributed by atoms with E-state index in [0.29, 0.717) is 5.92 Å². The first-order chi connectivity index (χ1) is 9.38. The maximum absolute atomic E-state index is 11.1. The van der Waals surface area contributed by atoms with Crippen LogP contribution < -0.4 is 0 Å². The van der Waals surface area contributed by atoms with Crippen molar-refractivity contribution in [3.63, 3.8) is 0 Å². The van der Waals surface area contributed by atoms with Gasteiger partial charge in [-0.1, -0.05) is 40.5 Å². The predicted molar refractivity (Wildman–Crippen MR) is 83.5 cm³/mol. The van der Waals surface area contributed by atoms with Crippen molar-refractivity contribution in [2.45, 2.75) is 91.3 Å². The van der Waals surface area contributed by atoms with Crippen LogP contribution in [0.1, 0.15) is 79.1 Å². The molecule has 0 spiro atoms. The smallest absolute Gasteiger partial charge is 0.0649 e. The van der Waals surface area contributed by atoms with E-state index in [9.17, 15) is 10.2 Å². The standard InChI is InChI=1S/C18H34O2/c1-5-17(3)11-7-9-13-10-8-12-18(4,6-2)16(20)14(13)15(17)19/h13-16,19-20H,5-12H2,1-4H3/t13?,14?,15?,16?,17-,18-/m0/s1. The summed E-state index contributed by atoms with van der Waals surface area (Å²) in [6.45, 7) is 8.82. The quantitative estimate of drug-likeness (QED) is 0.799. The lowest BCUT2D eigenvalue weighted by Gasteiger charge is -2.44. The SMILES string of the molecule is CC[C@@]1(C)CCCC2CCC[C@](C)(CC)C(O)C2C1O. The summed E-state index contributed by atoms with van der Waals surface area (Å²) >= 11 is 0. The molecule has 0 amide bonds. The maximum atomic E-state index is 11.1. The van der Waals surface area contributed by atoms with Crippen molar-refractivity contribution in [2.24, 2.45) is 22.7 Å². The van der Waals surface area contributed by atoms with E-state index < -0.39 is 0 Å². The van der Waals surface area contributed by atoms with Crippen molar-refractivity contribution in [1.29, 1.82) is 0 Å². The van der Waals surface area contributed by atoms with E-state index in [-0.39, 0.29) is 29.0 Å². The highest BCUT2D eigenvalue weighted by molar-refractivity contribution is 5.00. The number of fused-ring (bicyclic) bond motifs is 1. The van der Waals surface area contributed by atoms with Gasteiger partial charge in [-0.3, -0.25) is 0 Å². The summed E-state index contributed by atoms with van der Waals surface area (Å²) in [4.78, 5) is 0. The molecule has 4 atom stereocenters. The zero-order valence-electron chi connectivity index (χ0n) is 13.9. The summed E-state index contributed by atoms with van der Waals surface area (Å²) in [5.41, 5.74) is -0.0290. The van der Waals surface area contributed by atoms with Crippen LogP contribution in [0.5, 0.6) is 0 Å². The van der Waals surface area contributed by atoms with Crippen molar-refractivity contribution in [2.75, 3.05) is 0 Å². The van der Waals surface area contributed by atoms with Crippen LogP contribution >= 0.6 is 0 Å². The highest BCUT2D eigenvalue weighted by Crippen LogP contribution is 2.51. The molecular weight excluding hydrogens is 248 g/mol. The molecule has 2 aliphatic carbocycles. The van der Waals surface area contributed by atoms with E-state index in [2.05, 4.69) is 27.7 Å². The third kappa shape index (κ3) is 2.66. The fraction of sp³-hybridized carbons (Fsp3) is 1.00. The molecule has 2 rings (SSSR count). The fourth-order valence-electron chi connectivity index (χ4n) is 4.75. The first-order valence-corrected chi connectivity index (χ1v) is 8.74. The molecule has 2 saturated carbocycles. The van der Waals surface area contributed by atoms with Crippen LogP contribution in [-0.4, -0.2) is 22.4 Å². The minimum Gasteiger partial charge on any atom is -0.392 e. The Morgan fingerprint density at radius 2 is 1.25 bits per heavy atom. The molecule has 0 aromatic carbocycles. The van der Waals surface area contributed by atoms with Gasteiger partial charge in [-0.05, 0) is 55.3 Å². The van der Waals surface area contributed by atoms with Crippen molar-refractivity contribution in [3.8, 4) is 0 Å². The second-order valence-electron chi connectivity index (χ2n) is 8.03. The van der Waals surface area contributed by atoms with Crippen LogP contribution in [0.2, 0.25) is 0 Å². The lowest BCUT2D eigenvalue weighted by Crippen LogP contribution is -2.49. The van der Waals surface area contributed by atoms with Gasteiger partial charge in [0, 0.05) is 5.92 Å². The molecule has 0 bridgehead atoms. The summed E-state index contributed by atoms with van der Waals surface area (Å²) < 4.78 is 0. The number of rotatable bonds is 2. The molecule has 0 radical (unpaired) electrons. The van der Waals surface area contributed by atoms with Gasteiger partial charge in [0.05, 0.1) is 12.2 Å². The van der Waals surface area contributed by atoms with Crippen LogP contribution in [0, 0.1) is 22.7 Å². The van der Waals surface area contributed by atoms with Gasteiger partial charge < -0.3 is 10.2 Å². The van der Waals surface area contributed by atoms with Crippen LogP contribution in [0.4, 0.5) is 0 Å². The first-order valence-electron chi connectivity index (χ1n) is 8.74. The number of hydrogen-bond donors (Lipinski definition) is 2. The lowest BCUT2D eigenvalue weighted by molar-refractivity contribution is -0.107. The lowest BCUT2D eigenvalue weighted by atomic mass is 9.66. The van der Waals surface area contributed by atoms with Crippen molar-refractivity contribution >= 4 is 0 Å². The molecule has 2 nitrogen and oxygen atoms in total. The highest BCUT2D eigenvalue weighted by atomic mass is 16.3. The van der Waals surface area contributed by atoms with Crippen molar-refractivity contribution in [1.82, 2.24) is 0 Å². The van der Waals surface area contributed by atoms with E-state index in [1.54, 1.807) is 0 Å². The second kappa shape index (κ2) is 5.96. The number of hydrogen-bond acceptors (Lipinski definition) is 2. The van der Waals surface area contributed by atoms with Gasteiger partial charge >= 0.3 is 0 Å². The van der Waals surface area contributed by atoms with Crippen LogP contribution in [0.3, 0.4) is 0 Å². The molecule has 2 aliphatic rings. The fourth-order valence-corrected chi connectivity index (χ4v) is 4.75. The van der Waals surface area contributed by atoms with E-state index in [1.165, 1.54) is 25.7 Å². The average Bonchev–Trinajstić information content (AvgIpc) is 2.64. The summed E-state index contributed by atoms with van der Waals surface area (Å²) in [5, 5.41) is 22.1. The topological polar surface area (TPSA) is 40.5 Å². The van der Waals surface area contributed by atoms with Crippen molar-refractivity contribution in [3.05, 3.63) is 0 Å². The minimum absolute atomic E-state index is 0.0145. The Morgan fingerprint density at radius 3 is 1.60 bits per heavy atom. The molecule has 0 saturated heterocycles. The third-order valence-corrected chi connectivity index (χ3v) is 6.96. The second-order valence-corrected chi connectivity index (χ2v) is 8.03. The van der Waals surface area contributed by atoms with Gasteiger partial charge in [-0.2, -0.15) is 0 Å². The van der Waals surface area contributed by atoms with Crippen LogP contribution in [0.15, 0.2) is 0 Å². The Hall–Kier alpha value is -0.0800. The number of aliphatic hydroxyl groups excluding tert-OH is 2. The van der Waals surface area contributed by atoms with Gasteiger partial charge in [0.15, 0.2) is 0 Å². The van der Waals surface area contributed by atoms with Gasteiger partial charge in [-0.15, -0.1) is 0 Å². The van der Waals surface area contributed by atoms with Gasteiger partial charge in [0.25, 0.3) is 0 Å². The number of aliphatic hydroxyl groups is 2. The van der Waals surface area contributed by atoms with Crippen LogP contribution in [-0.2, 0) is 0 Å². The maximum Gasteiger partial charge on any atom is 0.0649 e. The summed E-state index contributed by atoms with van der Waals surface area (Å²) in [6, 6.07) is 0. The molecule has 0 aromatic heterocycles. The molecule has 0 aliphatic heterocycles. The molecule has 0 heterocycles. The molecule has 118 valence electrons. The van der Waals surface area contributed by atoms with Crippen molar-refractivity contribution < 1.29 is 10.2 Å². The van der Waals surface area contributed by atoms with Crippen LogP contribution in [0.25, 0.3) is 0 Å². The Bertz CT molecular complexity index is 299.